The molecule has 2 heterocycles. The van der Waals surface area contributed by atoms with Gasteiger partial charge in [0.05, 0.1) is 23.8 Å². The summed E-state index contributed by atoms with van der Waals surface area (Å²) >= 11 is 5.75. The number of amides is 2. The van der Waals surface area contributed by atoms with Crippen LogP contribution in [-0.2, 0) is 14.3 Å². The molecule has 2 atom stereocenters. The van der Waals surface area contributed by atoms with E-state index in [2.05, 4.69) is 10.3 Å². The molecule has 8 heteroatoms. The summed E-state index contributed by atoms with van der Waals surface area (Å²) in [4.78, 5) is 25.5. The van der Waals surface area contributed by atoms with Crippen molar-refractivity contribution in [3.8, 4) is 0 Å². The minimum absolute atomic E-state index is 0.175. The van der Waals surface area contributed by atoms with Crippen molar-refractivity contribution in [1.82, 2.24) is 10.3 Å². The van der Waals surface area contributed by atoms with Crippen molar-refractivity contribution in [2.75, 3.05) is 19.8 Å². The smallest absolute Gasteiger partial charge is 0.268 e. The van der Waals surface area contributed by atoms with Gasteiger partial charge in [-0.15, -0.1) is 0 Å². The van der Waals surface area contributed by atoms with E-state index in [1.54, 1.807) is 0 Å². The Bertz CT molecular complexity index is 491. The lowest BCUT2D eigenvalue weighted by atomic mass is 10.1. The zero-order valence-electron chi connectivity index (χ0n) is 10.7. The summed E-state index contributed by atoms with van der Waals surface area (Å²) in [5.74, 6) is -0.849. The van der Waals surface area contributed by atoms with Gasteiger partial charge in [0.25, 0.3) is 5.91 Å². The quantitative estimate of drug-likeness (QED) is 0.714. The number of hydrogen-bond acceptors (Lipinski definition) is 4. The molecular formula is C12H16ClN3O4. The second-order valence-electron chi connectivity index (χ2n) is 4.49. The van der Waals surface area contributed by atoms with Crippen molar-refractivity contribution in [1.29, 1.82) is 0 Å². The van der Waals surface area contributed by atoms with E-state index in [1.165, 1.54) is 12.3 Å². The fourth-order valence-corrected chi connectivity index (χ4v) is 2.15. The first-order chi connectivity index (χ1) is 9.56. The normalized spacial score (nSPS) is 22.4. The number of H-pyrrole nitrogens is 1. The highest BCUT2D eigenvalue weighted by atomic mass is 35.5. The number of primary amides is 1. The molecule has 1 saturated heterocycles. The van der Waals surface area contributed by atoms with Gasteiger partial charge in [-0.05, 0) is 12.5 Å². The largest absolute Gasteiger partial charge is 0.379 e. The summed E-state index contributed by atoms with van der Waals surface area (Å²) in [6, 6.07) is 1.19. The molecule has 1 aromatic heterocycles. The highest BCUT2D eigenvalue weighted by molar-refractivity contribution is 6.30. The predicted molar refractivity (Wildman–Crippen MR) is 71.4 cm³/mol. The number of nitrogens with one attached hydrogen (secondary N) is 2. The summed E-state index contributed by atoms with van der Waals surface area (Å²) < 4.78 is 10.7. The van der Waals surface area contributed by atoms with Gasteiger partial charge in [0.2, 0.25) is 5.91 Å². The molecule has 1 aromatic rings. The first kappa shape index (κ1) is 14.8. The molecule has 0 bridgehead atoms. The van der Waals surface area contributed by atoms with Gasteiger partial charge < -0.3 is 25.5 Å². The lowest BCUT2D eigenvalue weighted by Crippen LogP contribution is -2.51. The maximum atomic E-state index is 12.0. The zero-order chi connectivity index (χ0) is 14.5. The molecular weight excluding hydrogens is 286 g/mol. The van der Waals surface area contributed by atoms with Gasteiger partial charge in [-0.1, -0.05) is 11.6 Å². The molecule has 110 valence electrons. The Hall–Kier alpha value is -1.57. The minimum Gasteiger partial charge on any atom is -0.379 e. The van der Waals surface area contributed by atoms with E-state index in [-0.39, 0.29) is 24.7 Å². The molecule has 2 rings (SSSR count). The summed E-state index contributed by atoms with van der Waals surface area (Å²) in [7, 11) is 0. The van der Waals surface area contributed by atoms with Crippen LogP contribution in [0.15, 0.2) is 12.3 Å². The first-order valence-electron chi connectivity index (χ1n) is 6.18. The Morgan fingerprint density at radius 1 is 1.60 bits per heavy atom. The Morgan fingerprint density at radius 3 is 3.05 bits per heavy atom. The second-order valence-corrected chi connectivity index (χ2v) is 4.93. The molecule has 0 unspecified atom stereocenters. The Balaban J connectivity index is 1.94. The molecule has 1 aliphatic rings. The zero-order valence-corrected chi connectivity index (χ0v) is 11.5. The lowest BCUT2D eigenvalue weighted by Gasteiger charge is -2.31. The van der Waals surface area contributed by atoms with Gasteiger partial charge in [-0.3, -0.25) is 9.59 Å². The van der Waals surface area contributed by atoms with Crippen LogP contribution in [0.2, 0.25) is 5.02 Å². The van der Waals surface area contributed by atoms with Crippen LogP contribution in [0.25, 0.3) is 0 Å². The van der Waals surface area contributed by atoms with E-state index >= 15 is 0 Å². The Labute approximate surface area is 120 Å². The molecule has 20 heavy (non-hydrogen) atoms. The highest BCUT2D eigenvalue weighted by Crippen LogP contribution is 2.14. The maximum Gasteiger partial charge on any atom is 0.268 e. The third-order valence-corrected chi connectivity index (χ3v) is 3.16. The van der Waals surface area contributed by atoms with E-state index < -0.39 is 5.91 Å². The molecule has 0 aromatic carbocycles. The van der Waals surface area contributed by atoms with Gasteiger partial charge in [0.1, 0.15) is 12.3 Å². The Kier molecular flexibility index (Phi) is 4.99. The molecule has 1 fully saturated rings. The lowest BCUT2D eigenvalue weighted by molar-refractivity contribution is -0.128. The van der Waals surface area contributed by atoms with Gasteiger partial charge in [0.15, 0.2) is 0 Å². The van der Waals surface area contributed by atoms with Crippen LogP contribution in [0.5, 0.6) is 0 Å². The summed E-state index contributed by atoms with van der Waals surface area (Å²) in [6.45, 7) is 0.666. The van der Waals surface area contributed by atoms with Crippen molar-refractivity contribution in [2.45, 2.75) is 18.6 Å². The van der Waals surface area contributed by atoms with Gasteiger partial charge >= 0.3 is 0 Å². The number of aromatic nitrogens is 1. The number of carbonyl (C=O) groups is 2. The number of nitrogens with two attached hydrogens (primary N) is 1. The molecule has 1 aliphatic heterocycles. The molecule has 0 aliphatic carbocycles. The van der Waals surface area contributed by atoms with Gasteiger partial charge in [-0.25, -0.2) is 0 Å². The van der Waals surface area contributed by atoms with E-state index in [0.29, 0.717) is 30.4 Å². The summed E-state index contributed by atoms with van der Waals surface area (Å²) in [5, 5.41) is 3.25. The average Bonchev–Trinajstić information content (AvgIpc) is 2.84. The van der Waals surface area contributed by atoms with Crippen LogP contribution in [0.3, 0.4) is 0 Å². The molecule has 0 radical (unpaired) electrons. The molecule has 7 nitrogen and oxygen atoms in total. The number of aromatic amines is 1. The third kappa shape index (κ3) is 3.96. The molecule has 2 amide bonds. The Morgan fingerprint density at radius 2 is 2.40 bits per heavy atom. The van der Waals surface area contributed by atoms with Crippen molar-refractivity contribution in [3.05, 3.63) is 23.0 Å². The fraction of sp³-hybridized carbons (Fsp3) is 0.500. The number of halogens is 1. The predicted octanol–water partition coefficient (Wildman–Crippen LogP) is 0.0573. The first-order valence-corrected chi connectivity index (χ1v) is 6.56. The van der Waals surface area contributed by atoms with Crippen molar-refractivity contribution in [2.24, 2.45) is 5.73 Å². The summed E-state index contributed by atoms with van der Waals surface area (Å²) in [6.07, 6.45) is 1.81. The topological polar surface area (TPSA) is 106 Å². The van der Waals surface area contributed by atoms with Gasteiger partial charge in [-0.2, -0.15) is 0 Å². The molecule has 0 saturated carbocycles. The molecule has 0 spiro atoms. The van der Waals surface area contributed by atoms with Crippen LogP contribution in [-0.4, -0.2) is 48.8 Å². The van der Waals surface area contributed by atoms with Crippen LogP contribution in [0.1, 0.15) is 16.9 Å². The van der Waals surface area contributed by atoms with E-state index in [9.17, 15) is 9.59 Å². The number of ether oxygens (including phenoxy) is 2. The minimum atomic E-state index is -0.544. The standard InChI is InChI=1S/C12H16ClN3O4/c13-7-3-8(15-4-7)12(18)16-9-5-19-2-1-10(9)20-6-11(14)17/h3-4,9-10,15H,1-2,5-6H2,(H2,14,17)(H,16,18)/t9-,10+/m0/s1. The average molecular weight is 302 g/mol. The van der Waals surface area contributed by atoms with Gasteiger partial charge in [0, 0.05) is 12.8 Å². The van der Waals surface area contributed by atoms with Crippen LogP contribution >= 0.6 is 11.6 Å². The van der Waals surface area contributed by atoms with E-state index in [0.717, 1.165) is 0 Å². The van der Waals surface area contributed by atoms with Crippen LogP contribution < -0.4 is 11.1 Å². The number of hydrogen-bond donors (Lipinski definition) is 3. The van der Waals surface area contributed by atoms with Crippen LogP contribution in [0.4, 0.5) is 0 Å². The molecule has 4 N–H and O–H groups in total. The maximum absolute atomic E-state index is 12.0. The highest BCUT2D eigenvalue weighted by Gasteiger charge is 2.28. The number of carbonyl (C=O) groups excluding carboxylic acids is 2. The third-order valence-electron chi connectivity index (χ3n) is 2.94. The van der Waals surface area contributed by atoms with E-state index in [4.69, 9.17) is 26.8 Å². The second kappa shape index (κ2) is 6.74. The summed E-state index contributed by atoms with van der Waals surface area (Å²) in [5.41, 5.74) is 5.40. The number of rotatable bonds is 5. The fourth-order valence-electron chi connectivity index (χ4n) is 1.99. The monoisotopic (exact) mass is 301 g/mol. The van der Waals surface area contributed by atoms with Crippen molar-refractivity contribution < 1.29 is 19.1 Å². The van der Waals surface area contributed by atoms with E-state index in [1.807, 2.05) is 0 Å². The SMILES string of the molecule is NC(=O)CO[C@@H]1CCOC[C@@H]1NC(=O)c1cc(Cl)c[nH]1. The van der Waals surface area contributed by atoms with Crippen molar-refractivity contribution in [3.63, 3.8) is 0 Å². The van der Waals surface area contributed by atoms with Crippen molar-refractivity contribution >= 4 is 23.4 Å². The van der Waals surface area contributed by atoms with Crippen LogP contribution in [0, 0.1) is 0 Å².